The van der Waals surface area contributed by atoms with E-state index in [9.17, 15) is 19.3 Å². The summed E-state index contributed by atoms with van der Waals surface area (Å²) < 4.78 is 13.5. The number of nitro groups is 1. The summed E-state index contributed by atoms with van der Waals surface area (Å²) in [4.78, 5) is 22.6. The van der Waals surface area contributed by atoms with Crippen molar-refractivity contribution >= 4 is 17.3 Å². The summed E-state index contributed by atoms with van der Waals surface area (Å²) in [5, 5.41) is 19.9. The number of rotatable bonds is 6. The van der Waals surface area contributed by atoms with Gasteiger partial charge in [-0.3, -0.25) is 10.1 Å². The molecule has 0 aliphatic carbocycles. The summed E-state index contributed by atoms with van der Waals surface area (Å²) in [5.74, 6) is -0.295. The lowest BCUT2D eigenvalue weighted by Crippen LogP contribution is -2.25. The Morgan fingerprint density at radius 1 is 1.60 bits per heavy atom. The molecule has 1 aromatic carbocycles. The first kappa shape index (κ1) is 15.4. The zero-order valence-electron chi connectivity index (χ0n) is 10.8. The molecule has 0 saturated heterocycles. The molecule has 0 aliphatic heterocycles. The third kappa shape index (κ3) is 3.23. The van der Waals surface area contributed by atoms with Crippen LogP contribution in [0.5, 0.6) is 0 Å². The van der Waals surface area contributed by atoms with Gasteiger partial charge in [-0.25, -0.2) is 9.18 Å². The predicted molar refractivity (Wildman–Crippen MR) is 71.4 cm³/mol. The van der Waals surface area contributed by atoms with Crippen LogP contribution in [0.3, 0.4) is 0 Å². The highest BCUT2D eigenvalue weighted by Crippen LogP contribution is 2.31. The first-order valence-corrected chi connectivity index (χ1v) is 5.82. The van der Waals surface area contributed by atoms with E-state index in [0.29, 0.717) is 19.0 Å². The maximum atomic E-state index is 13.5. The van der Waals surface area contributed by atoms with E-state index < -0.39 is 28.0 Å². The molecule has 7 heteroatoms. The predicted octanol–water partition coefficient (Wildman–Crippen LogP) is 2.28. The number of benzene rings is 1. The highest BCUT2D eigenvalue weighted by Gasteiger charge is 2.24. The second-order valence-electron chi connectivity index (χ2n) is 4.01. The van der Waals surface area contributed by atoms with Crippen LogP contribution in [-0.2, 0) is 0 Å². The number of carbonyl (C=O) groups is 1. The lowest BCUT2D eigenvalue weighted by molar-refractivity contribution is -0.384. The van der Waals surface area contributed by atoms with Gasteiger partial charge in [0.25, 0.3) is 5.69 Å². The van der Waals surface area contributed by atoms with Gasteiger partial charge in [-0.2, -0.15) is 0 Å². The van der Waals surface area contributed by atoms with Gasteiger partial charge in [0.15, 0.2) is 0 Å². The summed E-state index contributed by atoms with van der Waals surface area (Å²) in [7, 11) is 0. The Morgan fingerprint density at radius 3 is 2.70 bits per heavy atom. The van der Waals surface area contributed by atoms with Crippen LogP contribution in [0.15, 0.2) is 12.1 Å². The van der Waals surface area contributed by atoms with Crippen molar-refractivity contribution in [3.05, 3.63) is 33.6 Å². The fraction of sp³-hybridized carbons (Fsp3) is 0.308. The van der Waals surface area contributed by atoms with Gasteiger partial charge in [0.2, 0.25) is 0 Å². The van der Waals surface area contributed by atoms with Crippen molar-refractivity contribution in [3.8, 4) is 12.3 Å². The summed E-state index contributed by atoms with van der Waals surface area (Å²) in [6.07, 6.45) is 5.85. The molecule has 106 valence electrons. The Bertz CT molecular complexity index is 580. The van der Waals surface area contributed by atoms with Crippen LogP contribution in [0.25, 0.3) is 0 Å². The largest absolute Gasteiger partial charge is 0.478 e. The highest BCUT2D eigenvalue weighted by atomic mass is 19.1. The highest BCUT2D eigenvalue weighted by molar-refractivity contribution is 5.90. The van der Waals surface area contributed by atoms with Gasteiger partial charge < -0.3 is 10.0 Å². The van der Waals surface area contributed by atoms with E-state index in [2.05, 4.69) is 5.92 Å². The van der Waals surface area contributed by atoms with Gasteiger partial charge in [0.05, 0.1) is 23.1 Å². The van der Waals surface area contributed by atoms with E-state index in [0.717, 1.165) is 6.07 Å². The summed E-state index contributed by atoms with van der Waals surface area (Å²) in [6, 6.07) is 1.56. The van der Waals surface area contributed by atoms with Crippen LogP contribution in [0.2, 0.25) is 0 Å². The smallest absolute Gasteiger partial charge is 0.338 e. The molecule has 0 spiro atoms. The Hall–Kier alpha value is -2.62. The van der Waals surface area contributed by atoms with Crippen molar-refractivity contribution in [2.24, 2.45) is 0 Å². The summed E-state index contributed by atoms with van der Waals surface area (Å²) in [5.41, 5.74) is -1.12. The fourth-order valence-electron chi connectivity index (χ4n) is 1.78. The first-order chi connectivity index (χ1) is 9.42. The standard InChI is InChI=1S/C13H13FN2O4/c1-3-5-15(6-4-2)11-7-9(13(17)18)10(14)8-12(11)16(19)20/h1,7-8H,4-6H2,2H3,(H,17,18). The van der Waals surface area contributed by atoms with E-state index in [4.69, 9.17) is 11.5 Å². The van der Waals surface area contributed by atoms with Crippen LogP contribution in [0.1, 0.15) is 23.7 Å². The monoisotopic (exact) mass is 280 g/mol. The van der Waals surface area contributed by atoms with Gasteiger partial charge in [0.1, 0.15) is 11.5 Å². The summed E-state index contributed by atoms with van der Waals surface area (Å²) in [6.45, 7) is 2.31. The molecule has 0 atom stereocenters. The third-order valence-electron chi connectivity index (χ3n) is 2.61. The van der Waals surface area contributed by atoms with Crippen molar-refractivity contribution in [3.63, 3.8) is 0 Å². The number of aromatic carboxylic acids is 1. The van der Waals surface area contributed by atoms with E-state index in [1.807, 2.05) is 6.92 Å². The lowest BCUT2D eigenvalue weighted by Gasteiger charge is -2.21. The lowest BCUT2D eigenvalue weighted by atomic mass is 10.1. The number of anilines is 1. The third-order valence-corrected chi connectivity index (χ3v) is 2.61. The Kier molecular flexibility index (Phi) is 5.03. The molecule has 0 amide bonds. The van der Waals surface area contributed by atoms with Gasteiger partial charge in [-0.15, -0.1) is 6.42 Å². The van der Waals surface area contributed by atoms with Crippen LogP contribution in [-0.4, -0.2) is 29.1 Å². The maximum absolute atomic E-state index is 13.5. The van der Waals surface area contributed by atoms with Crippen molar-refractivity contribution in [1.29, 1.82) is 0 Å². The van der Waals surface area contributed by atoms with Crippen LogP contribution in [0, 0.1) is 28.3 Å². The number of nitrogens with zero attached hydrogens (tertiary/aromatic N) is 2. The van der Waals surface area contributed by atoms with Crippen molar-refractivity contribution in [2.75, 3.05) is 18.0 Å². The minimum atomic E-state index is -1.49. The number of hydrogen-bond acceptors (Lipinski definition) is 4. The van der Waals surface area contributed by atoms with Crippen molar-refractivity contribution in [1.82, 2.24) is 0 Å². The molecule has 1 aromatic rings. The molecule has 0 unspecified atom stereocenters. The molecule has 1 rings (SSSR count). The van der Waals surface area contributed by atoms with E-state index >= 15 is 0 Å². The van der Waals surface area contributed by atoms with Crippen molar-refractivity contribution < 1.29 is 19.2 Å². The number of carboxylic acid groups (broad SMARTS) is 1. The molecule has 0 aliphatic rings. The molecule has 0 fully saturated rings. The van der Waals surface area contributed by atoms with Gasteiger partial charge >= 0.3 is 5.97 Å². The molecule has 0 radical (unpaired) electrons. The summed E-state index contributed by atoms with van der Waals surface area (Å²) >= 11 is 0. The molecule has 0 saturated carbocycles. The topological polar surface area (TPSA) is 83.7 Å². The second-order valence-corrected chi connectivity index (χ2v) is 4.01. The number of nitro benzene ring substituents is 1. The zero-order valence-corrected chi connectivity index (χ0v) is 10.8. The number of carboxylic acids is 1. The molecule has 0 heterocycles. The number of halogens is 1. The Labute approximate surface area is 115 Å². The molecule has 0 aromatic heterocycles. The zero-order chi connectivity index (χ0) is 15.3. The number of terminal acetylenes is 1. The Balaban J connectivity index is 3.47. The van der Waals surface area contributed by atoms with Crippen LogP contribution in [0.4, 0.5) is 15.8 Å². The van der Waals surface area contributed by atoms with Gasteiger partial charge in [-0.05, 0) is 12.5 Å². The maximum Gasteiger partial charge on any atom is 0.338 e. The minimum absolute atomic E-state index is 0.00796. The minimum Gasteiger partial charge on any atom is -0.478 e. The average Bonchev–Trinajstić information content (AvgIpc) is 2.37. The first-order valence-electron chi connectivity index (χ1n) is 5.82. The van der Waals surface area contributed by atoms with E-state index in [1.54, 1.807) is 0 Å². The second kappa shape index (κ2) is 6.52. The molecule has 6 nitrogen and oxygen atoms in total. The normalized spacial score (nSPS) is 9.85. The van der Waals surface area contributed by atoms with E-state index in [-0.39, 0.29) is 12.2 Å². The Morgan fingerprint density at radius 2 is 2.25 bits per heavy atom. The fourth-order valence-corrected chi connectivity index (χ4v) is 1.78. The molecule has 20 heavy (non-hydrogen) atoms. The molecule has 1 N–H and O–H groups in total. The SMILES string of the molecule is C#CCN(CCC)c1cc(C(=O)O)c(F)cc1[N+](=O)[O-]. The number of hydrogen-bond donors (Lipinski definition) is 1. The average molecular weight is 280 g/mol. The quantitative estimate of drug-likeness (QED) is 0.491. The van der Waals surface area contributed by atoms with Crippen LogP contribution >= 0.6 is 0 Å². The molecular formula is C13H13FN2O4. The van der Waals surface area contributed by atoms with E-state index in [1.165, 1.54) is 4.90 Å². The van der Waals surface area contributed by atoms with Crippen molar-refractivity contribution in [2.45, 2.75) is 13.3 Å². The molecular weight excluding hydrogens is 267 g/mol. The molecule has 0 bridgehead atoms. The van der Waals surface area contributed by atoms with Gasteiger partial charge in [0, 0.05) is 6.54 Å². The van der Waals surface area contributed by atoms with Crippen LogP contribution < -0.4 is 4.90 Å². The van der Waals surface area contributed by atoms with Gasteiger partial charge in [-0.1, -0.05) is 12.8 Å².